The highest BCUT2D eigenvalue weighted by atomic mass is 35.5. The van der Waals surface area contributed by atoms with Crippen LogP contribution in [0.3, 0.4) is 0 Å². The number of nitrogen functional groups attached to an aromatic ring is 1. The number of nitriles is 1. The molecule has 0 aliphatic carbocycles. The zero-order chi connectivity index (χ0) is 18.0. The van der Waals surface area contributed by atoms with E-state index in [4.69, 9.17) is 17.3 Å². The van der Waals surface area contributed by atoms with Crippen molar-refractivity contribution in [3.05, 3.63) is 75.3 Å². The highest BCUT2D eigenvalue weighted by Crippen LogP contribution is 2.32. The van der Waals surface area contributed by atoms with Crippen molar-refractivity contribution in [3.8, 4) is 28.5 Å². The fourth-order valence-corrected chi connectivity index (χ4v) is 2.66. The standard InChI is InChI=1S/C18H11ClN4O2/c19-13-3-1-2-12(8-13)17-9-15(16(10-20)18(21)22-17)11-4-6-14(7-5-11)23(24)25/h1-9H,(H2,21,22). The summed E-state index contributed by atoms with van der Waals surface area (Å²) in [6.07, 6.45) is 0. The lowest BCUT2D eigenvalue weighted by molar-refractivity contribution is -0.384. The number of nitro benzene ring substituents is 1. The summed E-state index contributed by atoms with van der Waals surface area (Å²) < 4.78 is 0. The van der Waals surface area contributed by atoms with Gasteiger partial charge in [0.2, 0.25) is 0 Å². The molecular weight excluding hydrogens is 340 g/mol. The van der Waals surface area contributed by atoms with Gasteiger partial charge in [-0.1, -0.05) is 23.7 Å². The van der Waals surface area contributed by atoms with Crippen LogP contribution in [0.25, 0.3) is 22.4 Å². The molecule has 6 nitrogen and oxygen atoms in total. The molecule has 0 saturated heterocycles. The van der Waals surface area contributed by atoms with E-state index in [0.717, 1.165) is 5.56 Å². The lowest BCUT2D eigenvalue weighted by Gasteiger charge is -2.10. The van der Waals surface area contributed by atoms with Gasteiger partial charge in [0.1, 0.15) is 17.5 Å². The number of nitrogens with two attached hydrogens (primary N) is 1. The molecule has 3 aromatic rings. The number of anilines is 1. The van der Waals surface area contributed by atoms with Gasteiger partial charge in [-0.3, -0.25) is 10.1 Å². The zero-order valence-electron chi connectivity index (χ0n) is 12.8. The van der Waals surface area contributed by atoms with Gasteiger partial charge in [-0.25, -0.2) is 4.98 Å². The van der Waals surface area contributed by atoms with Crippen LogP contribution in [0.2, 0.25) is 5.02 Å². The molecule has 0 aliphatic rings. The first-order valence-corrected chi connectivity index (χ1v) is 7.59. The van der Waals surface area contributed by atoms with Crippen molar-refractivity contribution < 1.29 is 4.92 Å². The molecule has 7 heteroatoms. The van der Waals surface area contributed by atoms with Gasteiger partial charge in [-0.2, -0.15) is 5.26 Å². The Bertz CT molecular complexity index is 1010. The summed E-state index contributed by atoms with van der Waals surface area (Å²) in [4.78, 5) is 14.6. The number of halogens is 1. The number of hydrogen-bond acceptors (Lipinski definition) is 5. The predicted octanol–water partition coefficient (Wildman–Crippen LogP) is 4.43. The fraction of sp³-hybridized carbons (Fsp3) is 0. The Hall–Kier alpha value is -3.43. The van der Waals surface area contributed by atoms with Gasteiger partial charge < -0.3 is 5.73 Å². The Balaban J connectivity index is 2.18. The van der Waals surface area contributed by atoms with Crippen molar-refractivity contribution in [1.29, 1.82) is 5.26 Å². The summed E-state index contributed by atoms with van der Waals surface area (Å²) >= 11 is 6.02. The van der Waals surface area contributed by atoms with Gasteiger partial charge in [0.25, 0.3) is 5.69 Å². The molecule has 122 valence electrons. The number of rotatable bonds is 3. The molecule has 0 unspecified atom stereocenters. The van der Waals surface area contributed by atoms with Crippen LogP contribution < -0.4 is 5.73 Å². The molecular formula is C18H11ClN4O2. The first kappa shape index (κ1) is 16.4. The molecule has 3 rings (SSSR count). The lowest BCUT2D eigenvalue weighted by Crippen LogP contribution is -2.00. The van der Waals surface area contributed by atoms with Crippen LogP contribution >= 0.6 is 11.6 Å². The van der Waals surface area contributed by atoms with Gasteiger partial charge in [0.15, 0.2) is 0 Å². The topological polar surface area (TPSA) is 106 Å². The maximum absolute atomic E-state index is 10.8. The lowest BCUT2D eigenvalue weighted by atomic mass is 9.98. The quantitative estimate of drug-likeness (QED) is 0.555. The molecule has 2 N–H and O–H groups in total. The van der Waals surface area contributed by atoms with Crippen LogP contribution in [0, 0.1) is 21.4 Å². The number of nitro groups is 1. The van der Waals surface area contributed by atoms with E-state index >= 15 is 0 Å². The van der Waals surface area contributed by atoms with Gasteiger partial charge in [0, 0.05) is 28.3 Å². The van der Waals surface area contributed by atoms with Gasteiger partial charge in [0.05, 0.1) is 10.6 Å². The normalized spacial score (nSPS) is 10.2. The summed E-state index contributed by atoms with van der Waals surface area (Å²) in [6, 6.07) is 16.8. The van der Waals surface area contributed by atoms with E-state index in [-0.39, 0.29) is 17.1 Å². The van der Waals surface area contributed by atoms with Crippen molar-refractivity contribution in [2.24, 2.45) is 0 Å². The first-order chi connectivity index (χ1) is 12.0. The average molecular weight is 351 g/mol. The van der Waals surface area contributed by atoms with E-state index < -0.39 is 4.92 Å². The minimum Gasteiger partial charge on any atom is -0.383 e. The van der Waals surface area contributed by atoms with Crippen molar-refractivity contribution in [1.82, 2.24) is 4.98 Å². The van der Waals surface area contributed by atoms with Crippen LogP contribution in [0.4, 0.5) is 11.5 Å². The van der Waals surface area contributed by atoms with Gasteiger partial charge in [-0.05, 0) is 35.9 Å². The third-order valence-corrected chi connectivity index (χ3v) is 3.90. The number of nitrogens with zero attached hydrogens (tertiary/aromatic N) is 3. The molecule has 0 aliphatic heterocycles. The molecule has 0 amide bonds. The molecule has 0 saturated carbocycles. The minimum atomic E-state index is -0.479. The van der Waals surface area contributed by atoms with E-state index in [0.29, 0.717) is 21.8 Å². The third kappa shape index (κ3) is 3.27. The van der Waals surface area contributed by atoms with E-state index in [1.807, 2.05) is 12.1 Å². The maximum atomic E-state index is 10.8. The Morgan fingerprint density at radius 1 is 1.12 bits per heavy atom. The van der Waals surface area contributed by atoms with Crippen LogP contribution in [0.15, 0.2) is 54.6 Å². The average Bonchev–Trinajstić information content (AvgIpc) is 2.61. The van der Waals surface area contributed by atoms with E-state index in [9.17, 15) is 15.4 Å². The van der Waals surface area contributed by atoms with Crippen molar-refractivity contribution >= 4 is 23.1 Å². The summed E-state index contributed by atoms with van der Waals surface area (Å²) in [5.41, 5.74) is 8.65. The van der Waals surface area contributed by atoms with Crippen molar-refractivity contribution in [3.63, 3.8) is 0 Å². The van der Waals surface area contributed by atoms with Crippen LogP contribution in [-0.4, -0.2) is 9.91 Å². The molecule has 1 aromatic heterocycles. The molecule has 0 radical (unpaired) electrons. The van der Waals surface area contributed by atoms with Crippen LogP contribution in [-0.2, 0) is 0 Å². The fourth-order valence-electron chi connectivity index (χ4n) is 2.47. The molecule has 25 heavy (non-hydrogen) atoms. The highest BCUT2D eigenvalue weighted by molar-refractivity contribution is 6.30. The second-order valence-corrected chi connectivity index (χ2v) is 5.68. The van der Waals surface area contributed by atoms with Crippen LogP contribution in [0.1, 0.15) is 5.56 Å². The van der Waals surface area contributed by atoms with E-state index in [2.05, 4.69) is 4.98 Å². The monoisotopic (exact) mass is 350 g/mol. The molecule has 0 fully saturated rings. The minimum absolute atomic E-state index is 0.0284. The Morgan fingerprint density at radius 3 is 2.44 bits per heavy atom. The Labute approximate surface area is 148 Å². The van der Waals surface area contributed by atoms with Crippen LogP contribution in [0.5, 0.6) is 0 Å². The molecule has 0 atom stereocenters. The maximum Gasteiger partial charge on any atom is 0.269 e. The van der Waals surface area contributed by atoms with Crippen molar-refractivity contribution in [2.45, 2.75) is 0 Å². The SMILES string of the molecule is N#Cc1c(-c2ccc([N+](=O)[O-])cc2)cc(-c2cccc(Cl)c2)nc1N. The van der Waals surface area contributed by atoms with E-state index in [1.165, 1.54) is 12.1 Å². The van der Waals surface area contributed by atoms with Gasteiger partial charge in [-0.15, -0.1) is 0 Å². The second kappa shape index (κ2) is 6.59. The predicted molar refractivity (Wildman–Crippen MR) is 95.9 cm³/mol. The zero-order valence-corrected chi connectivity index (χ0v) is 13.6. The summed E-state index contributed by atoms with van der Waals surface area (Å²) in [5.74, 6) is 0.0910. The third-order valence-electron chi connectivity index (χ3n) is 3.67. The highest BCUT2D eigenvalue weighted by Gasteiger charge is 2.14. The Kier molecular flexibility index (Phi) is 4.33. The number of pyridine rings is 1. The number of non-ortho nitro benzene ring substituents is 1. The van der Waals surface area contributed by atoms with E-state index in [1.54, 1.807) is 36.4 Å². The smallest absolute Gasteiger partial charge is 0.269 e. The molecule has 0 spiro atoms. The largest absolute Gasteiger partial charge is 0.383 e. The molecule has 2 aromatic carbocycles. The first-order valence-electron chi connectivity index (χ1n) is 7.21. The molecule has 1 heterocycles. The number of aromatic nitrogens is 1. The molecule has 0 bridgehead atoms. The van der Waals surface area contributed by atoms with Crippen molar-refractivity contribution in [2.75, 3.05) is 5.73 Å². The number of hydrogen-bond donors (Lipinski definition) is 1. The summed E-state index contributed by atoms with van der Waals surface area (Å²) in [5, 5.41) is 20.8. The summed E-state index contributed by atoms with van der Waals surface area (Å²) in [7, 11) is 0. The van der Waals surface area contributed by atoms with Gasteiger partial charge >= 0.3 is 0 Å². The Morgan fingerprint density at radius 2 is 1.84 bits per heavy atom. The number of benzene rings is 2. The second-order valence-electron chi connectivity index (χ2n) is 5.24. The summed E-state index contributed by atoms with van der Waals surface area (Å²) in [6.45, 7) is 0.